The van der Waals surface area contributed by atoms with Crippen molar-refractivity contribution in [2.24, 2.45) is 5.10 Å². The second kappa shape index (κ2) is 10.5. The van der Waals surface area contributed by atoms with E-state index in [1.165, 1.54) is 30.5 Å². The van der Waals surface area contributed by atoms with E-state index in [9.17, 15) is 19.7 Å². The number of nitro groups is 1. The minimum Gasteiger partial charge on any atom is -0.484 e. The van der Waals surface area contributed by atoms with Crippen molar-refractivity contribution in [1.82, 2.24) is 5.43 Å². The van der Waals surface area contributed by atoms with Crippen LogP contribution in [0.4, 0.5) is 5.69 Å². The largest absolute Gasteiger partial charge is 0.484 e. The van der Waals surface area contributed by atoms with E-state index in [-0.39, 0.29) is 12.3 Å². The van der Waals surface area contributed by atoms with Gasteiger partial charge in [-0.15, -0.1) is 0 Å². The van der Waals surface area contributed by atoms with Crippen LogP contribution in [0.3, 0.4) is 0 Å². The van der Waals surface area contributed by atoms with Gasteiger partial charge in [0, 0.05) is 12.1 Å². The third-order valence-electron chi connectivity index (χ3n) is 4.28. The van der Waals surface area contributed by atoms with Gasteiger partial charge in [-0.25, -0.2) is 10.2 Å². The molecule has 9 heteroatoms. The summed E-state index contributed by atoms with van der Waals surface area (Å²) in [4.78, 5) is 34.1. The van der Waals surface area contributed by atoms with Gasteiger partial charge < -0.3 is 9.47 Å². The molecule has 1 N–H and O–H groups in total. The maximum absolute atomic E-state index is 12.2. The molecular formula is C23H19N3O6. The topological polar surface area (TPSA) is 120 Å². The van der Waals surface area contributed by atoms with E-state index >= 15 is 0 Å². The molecule has 0 spiro atoms. The minimum atomic E-state index is -0.522. The van der Waals surface area contributed by atoms with Crippen LogP contribution in [-0.2, 0) is 4.79 Å². The molecule has 3 rings (SSSR count). The molecule has 0 saturated heterocycles. The van der Waals surface area contributed by atoms with Crippen LogP contribution < -0.4 is 14.9 Å². The van der Waals surface area contributed by atoms with Gasteiger partial charge in [-0.1, -0.05) is 18.2 Å². The van der Waals surface area contributed by atoms with Crippen LogP contribution in [0, 0.1) is 17.0 Å². The van der Waals surface area contributed by atoms with Crippen molar-refractivity contribution in [3.05, 3.63) is 99.6 Å². The Hall–Kier alpha value is -4.53. The lowest BCUT2D eigenvalue weighted by atomic mass is 10.1. The summed E-state index contributed by atoms with van der Waals surface area (Å²) in [5, 5.41) is 14.5. The zero-order chi connectivity index (χ0) is 22.9. The van der Waals surface area contributed by atoms with Crippen molar-refractivity contribution in [2.75, 3.05) is 6.61 Å². The summed E-state index contributed by atoms with van der Waals surface area (Å²) in [7, 11) is 0. The van der Waals surface area contributed by atoms with Crippen LogP contribution in [0.2, 0.25) is 0 Å². The van der Waals surface area contributed by atoms with Crippen molar-refractivity contribution in [3.8, 4) is 11.5 Å². The van der Waals surface area contributed by atoms with Gasteiger partial charge in [-0.3, -0.25) is 14.9 Å². The molecule has 9 nitrogen and oxygen atoms in total. The number of ether oxygens (including phenoxy) is 2. The summed E-state index contributed by atoms with van der Waals surface area (Å²) in [6.45, 7) is 1.53. The predicted molar refractivity (Wildman–Crippen MR) is 117 cm³/mol. The molecule has 0 aliphatic carbocycles. The van der Waals surface area contributed by atoms with Gasteiger partial charge in [0.1, 0.15) is 11.5 Å². The summed E-state index contributed by atoms with van der Waals surface area (Å²) in [6, 6.07) is 19.1. The monoisotopic (exact) mass is 433 g/mol. The Bertz CT molecular complexity index is 1140. The average Bonchev–Trinajstić information content (AvgIpc) is 2.79. The second-order valence-corrected chi connectivity index (χ2v) is 6.61. The zero-order valence-electron chi connectivity index (χ0n) is 17.1. The molecule has 1 amide bonds. The molecule has 0 saturated carbocycles. The van der Waals surface area contributed by atoms with Crippen molar-refractivity contribution < 1.29 is 24.0 Å². The third kappa shape index (κ3) is 6.23. The van der Waals surface area contributed by atoms with Crippen LogP contribution >= 0.6 is 0 Å². The number of amides is 1. The maximum Gasteiger partial charge on any atom is 0.343 e. The summed E-state index contributed by atoms with van der Waals surface area (Å²) < 4.78 is 10.6. The van der Waals surface area contributed by atoms with Crippen LogP contribution in [-0.4, -0.2) is 29.6 Å². The fourth-order valence-corrected chi connectivity index (χ4v) is 2.61. The zero-order valence-corrected chi connectivity index (χ0v) is 17.1. The molecule has 32 heavy (non-hydrogen) atoms. The highest BCUT2D eigenvalue weighted by Gasteiger charge is 2.10. The highest BCUT2D eigenvalue weighted by molar-refractivity contribution is 5.92. The van der Waals surface area contributed by atoms with Gasteiger partial charge >= 0.3 is 5.97 Å². The molecule has 0 heterocycles. The third-order valence-corrected chi connectivity index (χ3v) is 4.28. The fourth-order valence-electron chi connectivity index (χ4n) is 2.61. The molecule has 0 aromatic heterocycles. The Labute approximate surface area is 183 Å². The van der Waals surface area contributed by atoms with Gasteiger partial charge in [0.25, 0.3) is 11.6 Å². The number of aryl methyl sites for hydroxylation is 1. The quantitative estimate of drug-likeness (QED) is 0.190. The lowest BCUT2D eigenvalue weighted by Crippen LogP contribution is -2.24. The number of hydrazone groups is 1. The highest BCUT2D eigenvalue weighted by atomic mass is 16.6. The Kier molecular flexibility index (Phi) is 7.26. The van der Waals surface area contributed by atoms with E-state index in [2.05, 4.69) is 10.5 Å². The maximum atomic E-state index is 12.2. The van der Waals surface area contributed by atoms with Crippen molar-refractivity contribution >= 4 is 23.8 Å². The number of nitro benzene ring substituents is 1. The lowest BCUT2D eigenvalue weighted by molar-refractivity contribution is -0.384. The SMILES string of the molecule is Cc1ccccc1C(=O)Oc1ccc(C=NNC(=O)COc2ccc([N+](=O)[O-])cc2)cc1. The minimum absolute atomic E-state index is 0.0673. The number of carbonyl (C=O) groups is 2. The number of esters is 1. The van der Waals surface area contributed by atoms with Crippen molar-refractivity contribution in [2.45, 2.75) is 6.92 Å². The number of non-ortho nitro benzene ring substituents is 1. The summed E-state index contributed by atoms with van der Waals surface area (Å²) >= 11 is 0. The summed E-state index contributed by atoms with van der Waals surface area (Å²) in [5.74, 6) is -0.227. The first-order chi connectivity index (χ1) is 15.4. The number of hydrogen-bond donors (Lipinski definition) is 1. The van der Waals surface area contributed by atoms with E-state index in [4.69, 9.17) is 9.47 Å². The number of benzene rings is 3. The van der Waals surface area contributed by atoms with Gasteiger partial charge in [-0.2, -0.15) is 5.10 Å². The predicted octanol–water partition coefficient (Wildman–Crippen LogP) is 3.65. The van der Waals surface area contributed by atoms with E-state index in [1.807, 2.05) is 19.1 Å². The molecule has 0 fully saturated rings. The number of carbonyl (C=O) groups excluding carboxylic acids is 2. The fraction of sp³-hybridized carbons (Fsp3) is 0.0870. The number of nitrogens with one attached hydrogen (secondary N) is 1. The first-order valence-electron chi connectivity index (χ1n) is 9.49. The molecule has 0 radical (unpaired) electrons. The Morgan fingerprint density at radius 2 is 1.66 bits per heavy atom. The summed E-state index contributed by atoms with van der Waals surface area (Å²) in [5.41, 5.74) is 4.25. The Morgan fingerprint density at radius 3 is 2.31 bits per heavy atom. The van der Waals surface area contributed by atoms with E-state index in [1.54, 1.807) is 36.4 Å². The summed E-state index contributed by atoms with van der Waals surface area (Å²) in [6.07, 6.45) is 1.43. The number of rotatable bonds is 8. The normalized spacial score (nSPS) is 10.5. The lowest BCUT2D eigenvalue weighted by Gasteiger charge is -2.06. The highest BCUT2D eigenvalue weighted by Crippen LogP contribution is 2.17. The van der Waals surface area contributed by atoms with E-state index in [0.717, 1.165) is 5.56 Å². The molecule has 0 atom stereocenters. The molecule has 0 aliphatic rings. The molecule has 0 aliphatic heterocycles. The average molecular weight is 433 g/mol. The smallest absolute Gasteiger partial charge is 0.343 e. The molecule has 3 aromatic rings. The van der Waals surface area contributed by atoms with Gasteiger partial charge in [0.15, 0.2) is 6.61 Å². The van der Waals surface area contributed by atoms with Gasteiger partial charge in [0.2, 0.25) is 0 Å². The van der Waals surface area contributed by atoms with E-state index < -0.39 is 16.8 Å². The van der Waals surface area contributed by atoms with Gasteiger partial charge in [0.05, 0.1) is 16.7 Å². The molecule has 162 valence electrons. The molecule has 0 unspecified atom stereocenters. The first kappa shape index (κ1) is 22.2. The van der Waals surface area contributed by atoms with Crippen molar-refractivity contribution in [1.29, 1.82) is 0 Å². The number of hydrogen-bond acceptors (Lipinski definition) is 7. The van der Waals surface area contributed by atoms with Crippen LogP contribution in [0.25, 0.3) is 0 Å². The Balaban J connectivity index is 1.46. The van der Waals surface area contributed by atoms with Crippen LogP contribution in [0.15, 0.2) is 77.9 Å². The molecule has 3 aromatic carbocycles. The van der Waals surface area contributed by atoms with Crippen molar-refractivity contribution in [3.63, 3.8) is 0 Å². The number of nitrogens with zero attached hydrogens (tertiary/aromatic N) is 2. The standard InChI is InChI=1S/C23H19N3O6/c1-16-4-2-3-5-21(16)23(28)32-20-10-6-17(7-11-20)14-24-25-22(27)15-31-19-12-8-18(9-13-19)26(29)30/h2-14H,15H2,1H3,(H,25,27). The van der Waals surface area contributed by atoms with Crippen LogP contribution in [0.1, 0.15) is 21.5 Å². The van der Waals surface area contributed by atoms with E-state index in [0.29, 0.717) is 22.6 Å². The van der Waals surface area contributed by atoms with Gasteiger partial charge in [-0.05, 0) is 60.5 Å². The Morgan fingerprint density at radius 1 is 1.00 bits per heavy atom. The van der Waals surface area contributed by atoms with Crippen LogP contribution in [0.5, 0.6) is 11.5 Å². The first-order valence-corrected chi connectivity index (χ1v) is 9.49. The molecule has 0 bridgehead atoms. The second-order valence-electron chi connectivity index (χ2n) is 6.61. The molecular weight excluding hydrogens is 414 g/mol.